The van der Waals surface area contributed by atoms with Crippen LogP contribution < -0.4 is 5.32 Å². The molecule has 1 saturated heterocycles. The molecule has 0 bridgehead atoms. The fourth-order valence-corrected chi connectivity index (χ4v) is 5.65. The van der Waals surface area contributed by atoms with Crippen molar-refractivity contribution in [3.05, 3.63) is 60.2 Å². The molecule has 1 aliphatic rings. The molecule has 7 nitrogen and oxygen atoms in total. The van der Waals surface area contributed by atoms with Gasteiger partial charge in [0.25, 0.3) is 0 Å². The van der Waals surface area contributed by atoms with E-state index >= 15 is 0 Å². The zero-order valence-electron chi connectivity index (χ0n) is 17.8. The quantitative estimate of drug-likeness (QED) is 0.662. The molecule has 31 heavy (non-hydrogen) atoms. The van der Waals surface area contributed by atoms with Gasteiger partial charge in [0, 0.05) is 25.7 Å². The summed E-state index contributed by atoms with van der Waals surface area (Å²) in [4.78, 5) is 24.4. The molecular weight excluding hydrogens is 416 g/mol. The molecule has 1 aliphatic heterocycles. The van der Waals surface area contributed by atoms with Crippen LogP contribution in [0.2, 0.25) is 0 Å². The van der Waals surface area contributed by atoms with Crippen LogP contribution in [0.1, 0.15) is 32.3 Å². The van der Waals surface area contributed by atoms with Gasteiger partial charge in [-0.1, -0.05) is 36.4 Å². The summed E-state index contributed by atoms with van der Waals surface area (Å²) < 4.78 is 33.6. The van der Waals surface area contributed by atoms with Gasteiger partial charge in [-0.05, 0) is 49.9 Å². The van der Waals surface area contributed by atoms with Crippen LogP contribution in [0.5, 0.6) is 0 Å². The molecule has 2 aromatic rings. The molecule has 8 heteroatoms. The lowest BCUT2D eigenvalue weighted by atomic mass is 9.75. The summed E-state index contributed by atoms with van der Waals surface area (Å²) in [6.45, 7) is 3.72. The highest BCUT2D eigenvalue weighted by molar-refractivity contribution is 7.89. The summed E-state index contributed by atoms with van der Waals surface area (Å²) in [7, 11) is -3.86. The number of hydrogen-bond donors (Lipinski definition) is 1. The first-order valence-electron chi connectivity index (χ1n) is 10.4. The summed E-state index contributed by atoms with van der Waals surface area (Å²) in [5, 5.41) is 2.61. The van der Waals surface area contributed by atoms with Crippen LogP contribution in [-0.2, 0) is 30.8 Å². The molecule has 0 spiro atoms. The molecule has 0 aliphatic carbocycles. The van der Waals surface area contributed by atoms with Gasteiger partial charge in [-0.25, -0.2) is 8.42 Å². The van der Waals surface area contributed by atoms with Crippen LogP contribution >= 0.6 is 0 Å². The van der Waals surface area contributed by atoms with Crippen LogP contribution in [0, 0.1) is 5.41 Å². The Morgan fingerprint density at radius 2 is 1.87 bits per heavy atom. The van der Waals surface area contributed by atoms with Gasteiger partial charge in [0.05, 0.1) is 16.9 Å². The second-order valence-electron chi connectivity index (χ2n) is 7.81. The first-order valence-corrected chi connectivity index (χ1v) is 11.8. The number of carbonyl (C=O) groups is 2. The van der Waals surface area contributed by atoms with Crippen LogP contribution in [0.4, 0.5) is 5.69 Å². The van der Waals surface area contributed by atoms with Crippen molar-refractivity contribution in [2.75, 3.05) is 25.0 Å². The molecule has 0 radical (unpaired) electrons. The monoisotopic (exact) mass is 444 g/mol. The summed E-state index contributed by atoms with van der Waals surface area (Å²) >= 11 is 0. The van der Waals surface area contributed by atoms with Gasteiger partial charge in [0.15, 0.2) is 0 Å². The van der Waals surface area contributed by atoms with E-state index in [1.165, 1.54) is 23.4 Å². The number of hydrogen-bond acceptors (Lipinski definition) is 5. The minimum Gasteiger partial charge on any atom is -0.466 e. The molecule has 0 aromatic heterocycles. The number of esters is 1. The predicted octanol–water partition coefficient (Wildman–Crippen LogP) is 3.22. The van der Waals surface area contributed by atoms with Gasteiger partial charge < -0.3 is 10.1 Å². The summed E-state index contributed by atoms with van der Waals surface area (Å²) in [6.07, 6.45) is 1.51. The van der Waals surface area contributed by atoms with Crippen molar-refractivity contribution in [3.8, 4) is 0 Å². The number of anilines is 1. The first-order chi connectivity index (χ1) is 14.8. The Morgan fingerprint density at radius 3 is 2.55 bits per heavy atom. The Labute approximate surface area is 183 Å². The fraction of sp³-hybridized carbons (Fsp3) is 0.391. The third-order valence-electron chi connectivity index (χ3n) is 5.43. The molecule has 2 aromatic carbocycles. The van der Waals surface area contributed by atoms with Gasteiger partial charge in [-0.15, -0.1) is 0 Å². The van der Waals surface area contributed by atoms with Crippen molar-refractivity contribution in [1.82, 2.24) is 4.31 Å². The average Bonchev–Trinajstić information content (AvgIpc) is 2.74. The Hall–Kier alpha value is -2.71. The lowest BCUT2D eigenvalue weighted by molar-refractivity contribution is -0.157. The van der Waals surface area contributed by atoms with Gasteiger partial charge in [0.2, 0.25) is 15.9 Å². The van der Waals surface area contributed by atoms with Crippen molar-refractivity contribution in [1.29, 1.82) is 0 Å². The van der Waals surface area contributed by atoms with Crippen LogP contribution in [0.3, 0.4) is 0 Å². The zero-order chi connectivity index (χ0) is 22.5. The molecule has 1 fully saturated rings. The van der Waals surface area contributed by atoms with E-state index < -0.39 is 15.4 Å². The van der Waals surface area contributed by atoms with Crippen molar-refractivity contribution in [3.63, 3.8) is 0 Å². The van der Waals surface area contributed by atoms with Crippen molar-refractivity contribution in [2.45, 2.75) is 38.0 Å². The highest BCUT2D eigenvalue weighted by Gasteiger charge is 2.46. The summed E-state index contributed by atoms with van der Waals surface area (Å²) in [5.74, 6) is -0.651. The number of nitrogens with zero attached hydrogens (tertiary/aromatic N) is 1. The molecule has 1 N–H and O–H groups in total. The largest absolute Gasteiger partial charge is 0.466 e. The Balaban J connectivity index is 1.93. The maximum Gasteiger partial charge on any atom is 0.313 e. The van der Waals surface area contributed by atoms with Gasteiger partial charge in [-0.3, -0.25) is 9.59 Å². The second-order valence-corrected chi connectivity index (χ2v) is 9.75. The number of piperidine rings is 1. The summed E-state index contributed by atoms with van der Waals surface area (Å²) in [6, 6.07) is 15.7. The molecular formula is C23H28N2O5S. The fourth-order valence-electron chi connectivity index (χ4n) is 4.04. The molecule has 1 unspecified atom stereocenters. The molecule has 166 valence electrons. The smallest absolute Gasteiger partial charge is 0.313 e. The predicted molar refractivity (Wildman–Crippen MR) is 118 cm³/mol. The number of ether oxygens (including phenoxy) is 1. The number of amides is 1. The lowest BCUT2D eigenvalue weighted by Crippen LogP contribution is -2.51. The van der Waals surface area contributed by atoms with Crippen LogP contribution in [0.15, 0.2) is 59.5 Å². The van der Waals surface area contributed by atoms with E-state index in [9.17, 15) is 18.0 Å². The van der Waals surface area contributed by atoms with E-state index in [0.717, 1.165) is 5.56 Å². The first kappa shape index (κ1) is 23.0. The number of sulfonamides is 1. The van der Waals surface area contributed by atoms with Gasteiger partial charge in [0.1, 0.15) is 0 Å². The van der Waals surface area contributed by atoms with E-state index in [1.54, 1.807) is 19.1 Å². The van der Waals surface area contributed by atoms with E-state index in [0.29, 0.717) is 31.5 Å². The highest BCUT2D eigenvalue weighted by atomic mass is 32.2. The number of rotatable bonds is 7. The third kappa shape index (κ3) is 5.32. The van der Waals surface area contributed by atoms with E-state index in [1.807, 2.05) is 30.3 Å². The van der Waals surface area contributed by atoms with Gasteiger partial charge in [-0.2, -0.15) is 4.31 Å². The number of nitrogens with one attached hydrogen (secondary N) is 1. The molecule has 3 rings (SSSR count). The average molecular weight is 445 g/mol. The number of benzene rings is 2. The lowest BCUT2D eigenvalue weighted by Gasteiger charge is -2.40. The minimum atomic E-state index is -3.86. The summed E-state index contributed by atoms with van der Waals surface area (Å²) in [5.41, 5.74) is 0.423. The van der Waals surface area contributed by atoms with Crippen LogP contribution in [0.25, 0.3) is 0 Å². The van der Waals surface area contributed by atoms with E-state index in [-0.39, 0.29) is 29.9 Å². The zero-order valence-corrected chi connectivity index (χ0v) is 18.7. The van der Waals surface area contributed by atoms with E-state index in [4.69, 9.17) is 4.74 Å². The van der Waals surface area contributed by atoms with Crippen molar-refractivity contribution < 1.29 is 22.7 Å². The maximum absolute atomic E-state index is 13.4. The highest BCUT2D eigenvalue weighted by Crippen LogP contribution is 2.37. The maximum atomic E-state index is 13.4. The van der Waals surface area contributed by atoms with Crippen molar-refractivity contribution in [2.24, 2.45) is 5.41 Å². The van der Waals surface area contributed by atoms with Crippen molar-refractivity contribution >= 4 is 27.6 Å². The normalized spacial score (nSPS) is 19.5. The Morgan fingerprint density at radius 1 is 1.13 bits per heavy atom. The van der Waals surface area contributed by atoms with Crippen LogP contribution in [-0.4, -0.2) is 44.3 Å². The number of carbonyl (C=O) groups excluding carboxylic acids is 2. The SMILES string of the molecule is CCOC(=O)C1(Cc2ccccc2)CCCN(S(=O)(=O)c2cccc(NC(C)=O)c2)C1. The molecule has 1 amide bonds. The topological polar surface area (TPSA) is 92.8 Å². The minimum absolute atomic E-state index is 0.0490. The second kappa shape index (κ2) is 9.62. The molecule has 0 saturated carbocycles. The Bertz CT molecular complexity index is 1040. The Kier molecular flexibility index (Phi) is 7.12. The molecule has 1 heterocycles. The standard InChI is InChI=1S/C23H28N2O5S/c1-3-30-22(27)23(16-19-9-5-4-6-10-19)13-8-14-25(17-23)31(28,29)21-12-7-11-20(15-21)24-18(2)26/h4-7,9-12,15H,3,8,13-14,16-17H2,1-2H3,(H,24,26). The van der Waals surface area contributed by atoms with E-state index in [2.05, 4.69) is 5.32 Å². The van der Waals surface area contributed by atoms with Gasteiger partial charge >= 0.3 is 5.97 Å². The molecule has 1 atom stereocenters. The third-order valence-corrected chi connectivity index (χ3v) is 7.27.